The number of allylic oxidation sites excluding steroid dienone is 3. The summed E-state index contributed by atoms with van der Waals surface area (Å²) in [5.41, 5.74) is 5.66. The Morgan fingerprint density at radius 2 is 1.37 bits per heavy atom. The number of carbonyl (C=O) groups excluding carboxylic acids is 1. The molecular formula is C25H50AlLiO3. The molecule has 2 saturated carbocycles. The van der Waals surface area contributed by atoms with Gasteiger partial charge in [-0.2, -0.15) is 0 Å². The molecule has 0 radical (unpaired) electrons. The molecule has 0 heterocycles. The first-order chi connectivity index (χ1) is 13.1. The summed E-state index contributed by atoms with van der Waals surface area (Å²) < 4.78 is 4.83. The Bertz CT molecular complexity index is 539. The van der Waals surface area contributed by atoms with Gasteiger partial charge in [-0.05, 0) is 86.0 Å². The maximum Gasteiger partial charge on any atom is 1.00 e. The van der Waals surface area contributed by atoms with Crippen molar-refractivity contribution in [1.29, 1.82) is 0 Å². The Kier molecular flexibility index (Phi) is 21.7. The Morgan fingerprint density at radius 1 is 0.933 bits per heavy atom. The normalized spacial score (nSPS) is 24.5. The van der Waals surface area contributed by atoms with Crippen molar-refractivity contribution in [2.45, 2.75) is 88.0 Å². The van der Waals surface area contributed by atoms with Crippen LogP contribution in [-0.4, -0.2) is 48.1 Å². The van der Waals surface area contributed by atoms with E-state index in [0.717, 1.165) is 19.6 Å². The third-order valence-electron chi connectivity index (χ3n) is 6.14. The van der Waals surface area contributed by atoms with Gasteiger partial charge in [0.1, 0.15) is 5.78 Å². The first kappa shape index (κ1) is 34.8. The molecule has 2 rings (SSSR count). The van der Waals surface area contributed by atoms with Crippen LogP contribution in [0.15, 0.2) is 22.3 Å². The van der Waals surface area contributed by atoms with Gasteiger partial charge in [0.25, 0.3) is 0 Å². The smallest absolute Gasteiger partial charge is 1.00 e. The number of ketones is 1. The average molecular weight is 433 g/mol. The molecule has 2 aliphatic carbocycles. The molecule has 172 valence electrons. The standard InChI is InChI=1S/C11H18O.C10H18O.C4H10O.Al.Li.4H/c1-7(2)10-6-5-8(3)11(10)9(4)12;1-7(2)9-5-4-8(3)10(9)6-11;1-3-5-4-2;;;;;;/h8,11H,5-6H2,1-4H3;8,10-11H,4-6H2,1-3H3;3-4H2,1-2H3;;;;;;/q;;;;+1;;;;-1. The molecule has 0 aromatic rings. The molecule has 0 bridgehead atoms. The monoisotopic (exact) mass is 432 g/mol. The van der Waals surface area contributed by atoms with Crippen molar-refractivity contribution in [1.82, 2.24) is 0 Å². The molecule has 30 heavy (non-hydrogen) atoms. The first-order valence-corrected chi connectivity index (χ1v) is 11.1. The van der Waals surface area contributed by atoms with Gasteiger partial charge in [-0.1, -0.05) is 36.1 Å². The van der Waals surface area contributed by atoms with E-state index >= 15 is 0 Å². The SMILES string of the molecule is CC(=O)C1C(=C(C)C)CCC1C.CC(C)=C1CCC(C)C1CO.CCOCC.[AlH3].[H-].[Li+]. The van der Waals surface area contributed by atoms with Gasteiger partial charge in [0.05, 0.1) is 0 Å². The van der Waals surface area contributed by atoms with Gasteiger partial charge in [-0.3, -0.25) is 4.79 Å². The summed E-state index contributed by atoms with van der Waals surface area (Å²) in [6.07, 6.45) is 4.78. The van der Waals surface area contributed by atoms with Crippen molar-refractivity contribution in [2.75, 3.05) is 19.8 Å². The molecule has 5 heteroatoms. The molecule has 4 unspecified atom stereocenters. The fraction of sp³-hybridized carbons (Fsp3) is 0.800. The Hall–Kier alpha value is 0.200. The van der Waals surface area contributed by atoms with Crippen molar-refractivity contribution in [3.05, 3.63) is 22.3 Å². The molecular weight excluding hydrogens is 382 g/mol. The summed E-state index contributed by atoms with van der Waals surface area (Å²) in [4.78, 5) is 11.3. The second kappa shape index (κ2) is 18.7. The van der Waals surface area contributed by atoms with Gasteiger partial charge in [0.15, 0.2) is 17.4 Å². The summed E-state index contributed by atoms with van der Waals surface area (Å²) in [5.74, 6) is 2.28. The van der Waals surface area contributed by atoms with E-state index < -0.39 is 0 Å². The molecule has 0 aromatic carbocycles. The van der Waals surface area contributed by atoms with E-state index in [9.17, 15) is 4.79 Å². The van der Waals surface area contributed by atoms with Crippen molar-refractivity contribution in [3.63, 3.8) is 0 Å². The Morgan fingerprint density at radius 3 is 1.63 bits per heavy atom. The van der Waals surface area contributed by atoms with E-state index in [0.29, 0.717) is 30.1 Å². The van der Waals surface area contributed by atoms with Crippen LogP contribution < -0.4 is 18.9 Å². The van der Waals surface area contributed by atoms with Crippen LogP contribution in [0.3, 0.4) is 0 Å². The van der Waals surface area contributed by atoms with Crippen molar-refractivity contribution < 1.29 is 34.9 Å². The fourth-order valence-corrected chi connectivity index (χ4v) is 4.48. The van der Waals surface area contributed by atoms with Gasteiger partial charge < -0.3 is 11.3 Å². The van der Waals surface area contributed by atoms with E-state index in [1.165, 1.54) is 41.6 Å². The zero-order valence-corrected chi connectivity index (χ0v) is 21.0. The van der Waals surface area contributed by atoms with E-state index in [1.54, 1.807) is 6.92 Å². The molecule has 0 aromatic heterocycles. The molecule has 4 atom stereocenters. The largest absolute Gasteiger partial charge is 1.00 e. The third-order valence-corrected chi connectivity index (χ3v) is 6.14. The number of aliphatic hydroxyl groups excluding tert-OH is 1. The summed E-state index contributed by atoms with van der Waals surface area (Å²) >= 11 is 0. The minimum atomic E-state index is 0. The topological polar surface area (TPSA) is 46.5 Å². The molecule has 0 spiro atoms. The van der Waals surface area contributed by atoms with Gasteiger partial charge in [-0.25, -0.2) is 0 Å². The fourth-order valence-electron chi connectivity index (χ4n) is 4.48. The third kappa shape index (κ3) is 11.7. The van der Waals surface area contributed by atoms with E-state index in [2.05, 4.69) is 41.5 Å². The number of aliphatic hydroxyl groups is 1. The van der Waals surface area contributed by atoms with Crippen LogP contribution in [0.25, 0.3) is 0 Å². The molecule has 0 amide bonds. The van der Waals surface area contributed by atoms with E-state index in [4.69, 9.17) is 9.84 Å². The van der Waals surface area contributed by atoms with Gasteiger partial charge in [0, 0.05) is 31.7 Å². The predicted octanol–water partition coefficient (Wildman–Crippen LogP) is 2.29. The van der Waals surface area contributed by atoms with Gasteiger partial charge in [-0.15, -0.1) is 0 Å². The zero-order valence-electron chi connectivity index (χ0n) is 22.0. The molecule has 0 saturated heterocycles. The Labute approximate surface area is 211 Å². The molecule has 1 N–H and O–H groups in total. The maximum absolute atomic E-state index is 11.3. The van der Waals surface area contributed by atoms with Crippen molar-refractivity contribution in [3.8, 4) is 0 Å². The average Bonchev–Trinajstić information content (AvgIpc) is 3.19. The van der Waals surface area contributed by atoms with Crippen LogP contribution in [0.5, 0.6) is 0 Å². The van der Waals surface area contributed by atoms with Crippen LogP contribution in [0.4, 0.5) is 0 Å². The second-order valence-corrected chi connectivity index (χ2v) is 8.74. The van der Waals surface area contributed by atoms with E-state index in [1.807, 2.05) is 13.8 Å². The summed E-state index contributed by atoms with van der Waals surface area (Å²) in [6, 6.07) is 0. The van der Waals surface area contributed by atoms with Crippen LogP contribution in [-0.2, 0) is 9.53 Å². The molecule has 2 aliphatic rings. The first-order valence-electron chi connectivity index (χ1n) is 11.1. The summed E-state index contributed by atoms with van der Waals surface area (Å²) in [6.45, 7) is 20.7. The van der Waals surface area contributed by atoms with Crippen molar-refractivity contribution >= 4 is 23.1 Å². The van der Waals surface area contributed by atoms with Crippen molar-refractivity contribution in [2.24, 2.45) is 23.7 Å². The number of Topliss-reactive ketones (excluding diaryl/α,β-unsaturated/α-hetero) is 1. The minimum Gasteiger partial charge on any atom is -1.00 e. The number of hydrogen-bond donors (Lipinski definition) is 1. The predicted molar refractivity (Wildman–Crippen MR) is 132 cm³/mol. The van der Waals surface area contributed by atoms with Crippen LogP contribution >= 0.6 is 0 Å². The molecule has 3 nitrogen and oxygen atoms in total. The van der Waals surface area contributed by atoms with E-state index in [-0.39, 0.29) is 43.6 Å². The minimum absolute atomic E-state index is 0. The van der Waals surface area contributed by atoms with Gasteiger partial charge in [0.2, 0.25) is 0 Å². The van der Waals surface area contributed by atoms with Gasteiger partial charge >= 0.3 is 18.9 Å². The Balaban J connectivity index is -0.000000180. The molecule has 0 aliphatic heterocycles. The zero-order chi connectivity index (χ0) is 21.9. The maximum atomic E-state index is 11.3. The molecule has 2 fully saturated rings. The second-order valence-electron chi connectivity index (χ2n) is 8.74. The number of rotatable bonds is 4. The quantitative estimate of drug-likeness (QED) is 0.548. The van der Waals surface area contributed by atoms with Crippen LogP contribution in [0.1, 0.15) is 89.4 Å². The van der Waals surface area contributed by atoms with Crippen LogP contribution in [0, 0.1) is 23.7 Å². The number of ether oxygens (including phenoxy) is 1. The number of carbonyl (C=O) groups is 1. The summed E-state index contributed by atoms with van der Waals surface area (Å²) in [5, 5.41) is 9.12. The summed E-state index contributed by atoms with van der Waals surface area (Å²) in [7, 11) is 0. The number of hydrogen-bond acceptors (Lipinski definition) is 3. The van der Waals surface area contributed by atoms with Crippen LogP contribution in [0.2, 0.25) is 0 Å².